The molecule has 0 aromatic heterocycles. The van der Waals surface area contributed by atoms with Crippen molar-refractivity contribution in [1.82, 2.24) is 0 Å². The smallest absolute Gasteiger partial charge is 0.309 e. The second-order valence-electron chi connectivity index (χ2n) is 18.6. The van der Waals surface area contributed by atoms with E-state index in [2.05, 4.69) is 98.0 Å². The first-order valence-corrected chi connectivity index (χ1v) is 26.7. The molecule has 1 unspecified atom stereocenters. The van der Waals surface area contributed by atoms with Gasteiger partial charge in [0.1, 0.15) is 0 Å². The van der Waals surface area contributed by atoms with Crippen LogP contribution in [0.4, 0.5) is 0 Å². The number of hydrogen-bond donors (Lipinski definition) is 0. The van der Waals surface area contributed by atoms with Crippen LogP contribution in [-0.2, 0) is 30.8 Å². The van der Waals surface area contributed by atoms with Crippen molar-refractivity contribution >= 4 is 59.7 Å². The van der Waals surface area contributed by atoms with E-state index in [4.69, 9.17) is 9.47 Å². The highest BCUT2D eigenvalue weighted by Gasteiger charge is 2.36. The standard InChI is InChI=1S/C26H39BrO2.C19H34O2.C7H6Br2.2CH4/c1-3-5-19-6-10-21(11-7-19)22-12-14-23(15-13-22)25(26(28)29-4-2)18-20-8-16-24(27)17-9-20;1-3-5-15-6-10-17(11-7-15)18-12-8-16(9-13-18)14-19(20)21-4-2;8-5-6-1-3-7(9)4-2-6;;/h8-9,16-17,19,21-23,25H,3-7,10-15,18H2,1-2H3;15-18H,3-14H2,1-2H3;1-4H,5H2;2*1H4. The van der Waals surface area contributed by atoms with Gasteiger partial charge in [0.2, 0.25) is 0 Å². The molecule has 2 aromatic carbocycles. The van der Waals surface area contributed by atoms with Crippen molar-refractivity contribution in [2.75, 3.05) is 13.2 Å². The molecule has 7 heteroatoms. The highest BCUT2D eigenvalue weighted by molar-refractivity contribution is 9.10. The molecule has 2 aromatic rings. The normalized spacial score (nSPS) is 26.6. The van der Waals surface area contributed by atoms with Crippen molar-refractivity contribution in [2.24, 2.45) is 53.3 Å². The van der Waals surface area contributed by atoms with Crippen LogP contribution in [-0.4, -0.2) is 25.2 Å². The quantitative estimate of drug-likeness (QED) is 0.132. The van der Waals surface area contributed by atoms with E-state index >= 15 is 0 Å². The second kappa shape index (κ2) is 31.7. The molecule has 0 saturated heterocycles. The SMILES string of the molecule is BrCc1ccc(Br)cc1.C.C.CCCC1CCC(C2CCC(C(Cc3ccc(Br)cc3)C(=O)OCC)CC2)CC1.CCCC1CCC(C2CCC(CC(=O)OCC)CC2)CC1. The molecule has 1 atom stereocenters. The summed E-state index contributed by atoms with van der Waals surface area (Å²) in [5.41, 5.74) is 2.54. The summed E-state index contributed by atoms with van der Waals surface area (Å²) in [6.45, 7) is 9.45. The summed E-state index contributed by atoms with van der Waals surface area (Å²) in [4.78, 5) is 24.3. The van der Waals surface area contributed by atoms with Gasteiger partial charge in [0.25, 0.3) is 0 Å². The molecule has 0 radical (unpaired) electrons. The van der Waals surface area contributed by atoms with Gasteiger partial charge in [0, 0.05) is 20.7 Å². The fourth-order valence-corrected chi connectivity index (χ4v) is 12.1. The molecular weight excluding hydrogens is 952 g/mol. The van der Waals surface area contributed by atoms with Crippen molar-refractivity contribution in [2.45, 2.75) is 189 Å². The molecule has 4 saturated carbocycles. The van der Waals surface area contributed by atoms with Gasteiger partial charge in [0.05, 0.1) is 19.1 Å². The van der Waals surface area contributed by atoms with Crippen LogP contribution in [0.5, 0.6) is 0 Å². The lowest BCUT2D eigenvalue weighted by atomic mass is 9.66. The Morgan fingerprint density at radius 2 is 0.918 bits per heavy atom. The Bertz CT molecular complexity index is 1420. The first kappa shape index (κ1) is 56.0. The number of hydrogen-bond acceptors (Lipinski definition) is 4. The maximum Gasteiger partial charge on any atom is 0.309 e. The molecule has 4 nitrogen and oxygen atoms in total. The Morgan fingerprint density at radius 3 is 1.30 bits per heavy atom. The first-order valence-electron chi connectivity index (χ1n) is 24.0. The van der Waals surface area contributed by atoms with Crippen LogP contribution in [0.3, 0.4) is 0 Å². The average molecular weight is 1040 g/mol. The maximum atomic E-state index is 12.8. The summed E-state index contributed by atoms with van der Waals surface area (Å²) in [7, 11) is 0. The summed E-state index contributed by atoms with van der Waals surface area (Å²) in [6, 6.07) is 16.7. The molecule has 0 amide bonds. The molecule has 0 heterocycles. The lowest BCUT2D eigenvalue weighted by Crippen LogP contribution is -2.33. The van der Waals surface area contributed by atoms with Gasteiger partial charge in [-0.15, -0.1) is 0 Å². The summed E-state index contributed by atoms with van der Waals surface area (Å²) in [5.74, 6) is 6.89. The van der Waals surface area contributed by atoms with E-state index in [1.165, 1.54) is 140 Å². The number of esters is 2. The number of halogens is 3. The van der Waals surface area contributed by atoms with Gasteiger partial charge in [-0.2, -0.15) is 0 Å². The van der Waals surface area contributed by atoms with Crippen LogP contribution in [0.1, 0.15) is 189 Å². The van der Waals surface area contributed by atoms with E-state index in [1.807, 2.05) is 26.0 Å². The molecule has 4 aliphatic carbocycles. The van der Waals surface area contributed by atoms with E-state index < -0.39 is 0 Å². The van der Waals surface area contributed by atoms with Crippen molar-refractivity contribution in [3.8, 4) is 0 Å². The van der Waals surface area contributed by atoms with Crippen molar-refractivity contribution in [3.05, 3.63) is 68.6 Å². The Morgan fingerprint density at radius 1 is 0.541 bits per heavy atom. The summed E-state index contributed by atoms with van der Waals surface area (Å²) < 4.78 is 12.8. The minimum absolute atomic E-state index is 0. The van der Waals surface area contributed by atoms with Crippen LogP contribution in [0, 0.1) is 53.3 Å². The van der Waals surface area contributed by atoms with Crippen LogP contribution in [0.2, 0.25) is 0 Å². The predicted octanol–water partition coefficient (Wildman–Crippen LogP) is 17.6. The van der Waals surface area contributed by atoms with Gasteiger partial charge < -0.3 is 9.47 Å². The molecular formula is C54H87Br3O4. The van der Waals surface area contributed by atoms with Crippen LogP contribution < -0.4 is 0 Å². The number of carbonyl (C=O) groups is 2. The fourth-order valence-electron chi connectivity index (χ4n) is 11.2. The minimum atomic E-state index is 0. The fraction of sp³-hybridized carbons (Fsp3) is 0.741. The van der Waals surface area contributed by atoms with Gasteiger partial charge in [-0.3, -0.25) is 9.59 Å². The van der Waals surface area contributed by atoms with Gasteiger partial charge in [-0.25, -0.2) is 0 Å². The van der Waals surface area contributed by atoms with Crippen LogP contribution in [0.15, 0.2) is 57.5 Å². The highest BCUT2D eigenvalue weighted by Crippen LogP contribution is 2.45. The zero-order valence-corrected chi connectivity index (χ0v) is 42.0. The third-order valence-electron chi connectivity index (χ3n) is 14.6. The number of ether oxygens (including phenoxy) is 2. The Kier molecular flexibility index (Phi) is 29.0. The largest absolute Gasteiger partial charge is 0.466 e. The molecule has 0 aliphatic heterocycles. The summed E-state index contributed by atoms with van der Waals surface area (Å²) >= 11 is 10.2. The minimum Gasteiger partial charge on any atom is -0.466 e. The summed E-state index contributed by atoms with van der Waals surface area (Å²) in [6.07, 6.45) is 28.9. The molecule has 0 bridgehead atoms. The highest BCUT2D eigenvalue weighted by atomic mass is 79.9. The topological polar surface area (TPSA) is 52.6 Å². The average Bonchev–Trinajstić information content (AvgIpc) is 3.25. The predicted molar refractivity (Wildman–Crippen MR) is 271 cm³/mol. The lowest BCUT2D eigenvalue weighted by molar-refractivity contribution is -0.150. The molecule has 6 rings (SSSR count). The number of rotatable bonds is 15. The molecule has 0 N–H and O–H groups in total. The van der Waals surface area contributed by atoms with Crippen LogP contribution >= 0.6 is 47.8 Å². The Labute approximate surface area is 400 Å². The zero-order chi connectivity index (χ0) is 42.4. The Balaban J connectivity index is 0.000000350. The number of alkyl halides is 1. The van der Waals surface area contributed by atoms with Crippen molar-refractivity contribution in [1.29, 1.82) is 0 Å². The number of benzene rings is 2. The van der Waals surface area contributed by atoms with Gasteiger partial charge in [0.15, 0.2) is 0 Å². The second-order valence-corrected chi connectivity index (χ2v) is 20.9. The maximum absolute atomic E-state index is 12.8. The van der Waals surface area contributed by atoms with Crippen molar-refractivity contribution < 1.29 is 19.1 Å². The van der Waals surface area contributed by atoms with Crippen LogP contribution in [0.25, 0.3) is 0 Å². The third-order valence-corrected chi connectivity index (χ3v) is 16.3. The number of carbonyl (C=O) groups excluding carboxylic acids is 2. The monoisotopic (exact) mass is 1040 g/mol. The molecule has 348 valence electrons. The first-order chi connectivity index (χ1) is 28.7. The molecule has 0 spiro atoms. The third kappa shape index (κ3) is 20.3. The van der Waals surface area contributed by atoms with E-state index in [1.54, 1.807) is 0 Å². The van der Waals surface area contributed by atoms with E-state index in [9.17, 15) is 9.59 Å². The molecule has 4 fully saturated rings. The van der Waals surface area contributed by atoms with Gasteiger partial charge >= 0.3 is 11.9 Å². The van der Waals surface area contributed by atoms with E-state index in [0.717, 1.165) is 56.2 Å². The molecule has 4 aliphatic rings. The Hall–Kier alpha value is -1.18. The molecule has 61 heavy (non-hydrogen) atoms. The van der Waals surface area contributed by atoms with Gasteiger partial charge in [-0.1, -0.05) is 152 Å². The lowest BCUT2D eigenvalue weighted by Gasteiger charge is -2.39. The van der Waals surface area contributed by atoms with Crippen molar-refractivity contribution in [3.63, 3.8) is 0 Å². The van der Waals surface area contributed by atoms with E-state index in [0.29, 0.717) is 31.5 Å². The van der Waals surface area contributed by atoms with E-state index in [-0.39, 0.29) is 32.7 Å². The van der Waals surface area contributed by atoms with Gasteiger partial charge in [-0.05, 0) is 180 Å². The summed E-state index contributed by atoms with van der Waals surface area (Å²) in [5, 5.41) is 0.931. The zero-order valence-electron chi connectivity index (χ0n) is 37.3.